The van der Waals surface area contributed by atoms with Gasteiger partial charge in [-0.15, -0.1) is 0 Å². The maximum absolute atomic E-state index is 13.1. The van der Waals surface area contributed by atoms with Crippen LogP contribution in [-0.2, 0) is 9.84 Å². The summed E-state index contributed by atoms with van der Waals surface area (Å²) in [7, 11) is -1.67. The van der Waals surface area contributed by atoms with Crippen LogP contribution in [0, 0.1) is 11.7 Å². The summed E-state index contributed by atoms with van der Waals surface area (Å²) in [5.41, 5.74) is 0. The molecular weight excluding hydrogens is 301 g/mol. The molecule has 0 bridgehead atoms. The number of hydrogen-bond acceptors (Lipinski definition) is 3. The van der Waals surface area contributed by atoms with Gasteiger partial charge in [0.15, 0.2) is 9.84 Å². The van der Waals surface area contributed by atoms with Gasteiger partial charge in [-0.1, -0.05) is 24.4 Å². The summed E-state index contributed by atoms with van der Waals surface area (Å²) >= 11 is 5.66. The van der Waals surface area contributed by atoms with Gasteiger partial charge in [-0.05, 0) is 44.0 Å². The fourth-order valence-corrected chi connectivity index (χ4v) is 4.74. The lowest BCUT2D eigenvalue weighted by Crippen LogP contribution is -2.38. The van der Waals surface area contributed by atoms with Crippen LogP contribution in [-0.4, -0.2) is 27.3 Å². The van der Waals surface area contributed by atoms with Crippen molar-refractivity contribution in [2.24, 2.45) is 5.92 Å². The number of benzene rings is 1. The zero-order chi connectivity index (χ0) is 14.8. The summed E-state index contributed by atoms with van der Waals surface area (Å²) in [4.78, 5) is 0.0853. The van der Waals surface area contributed by atoms with E-state index in [1.54, 1.807) is 7.05 Å². The molecule has 1 aliphatic rings. The Labute approximate surface area is 124 Å². The monoisotopic (exact) mass is 319 g/mol. The minimum atomic E-state index is -3.46. The minimum absolute atomic E-state index is 0.0239. The van der Waals surface area contributed by atoms with Crippen molar-refractivity contribution in [3.05, 3.63) is 29.0 Å². The molecule has 0 amide bonds. The number of hydrogen-bond donors (Lipinski definition) is 1. The van der Waals surface area contributed by atoms with Crippen molar-refractivity contribution < 1.29 is 12.8 Å². The summed E-state index contributed by atoms with van der Waals surface area (Å²) in [5, 5.41) is 2.95. The summed E-state index contributed by atoms with van der Waals surface area (Å²) in [6.07, 6.45) is 4.44. The van der Waals surface area contributed by atoms with E-state index >= 15 is 0 Å². The summed E-state index contributed by atoms with van der Waals surface area (Å²) < 4.78 is 37.9. The molecule has 1 saturated carbocycles. The molecule has 1 aliphatic carbocycles. The van der Waals surface area contributed by atoms with Crippen LogP contribution in [0.25, 0.3) is 0 Å². The summed E-state index contributed by atoms with van der Waals surface area (Å²) in [6, 6.07) is 3.50. The molecule has 1 N–H and O–H groups in total. The lowest BCUT2D eigenvalue weighted by molar-refractivity contribution is 0.404. The second kappa shape index (κ2) is 6.41. The Morgan fingerprint density at radius 3 is 2.60 bits per heavy atom. The van der Waals surface area contributed by atoms with Gasteiger partial charge < -0.3 is 5.32 Å². The molecule has 0 radical (unpaired) electrons. The van der Waals surface area contributed by atoms with Crippen LogP contribution >= 0.6 is 11.6 Å². The minimum Gasteiger partial charge on any atom is -0.316 e. The van der Waals surface area contributed by atoms with Crippen molar-refractivity contribution in [2.75, 3.05) is 12.8 Å². The van der Waals surface area contributed by atoms with E-state index < -0.39 is 15.7 Å². The zero-order valence-corrected chi connectivity index (χ0v) is 13.0. The van der Waals surface area contributed by atoms with Gasteiger partial charge in [0.1, 0.15) is 5.82 Å². The largest absolute Gasteiger partial charge is 0.316 e. The molecule has 2 rings (SSSR count). The summed E-state index contributed by atoms with van der Waals surface area (Å²) in [6.45, 7) is 0. The quantitative estimate of drug-likeness (QED) is 0.849. The number of sulfone groups is 1. The molecule has 0 aromatic heterocycles. The highest BCUT2D eigenvalue weighted by molar-refractivity contribution is 7.91. The third-order valence-corrected chi connectivity index (χ3v) is 6.05. The van der Waals surface area contributed by atoms with Gasteiger partial charge in [0, 0.05) is 6.04 Å². The highest BCUT2D eigenvalue weighted by Crippen LogP contribution is 2.29. The second-order valence-electron chi connectivity index (χ2n) is 5.30. The highest BCUT2D eigenvalue weighted by Gasteiger charge is 2.29. The lowest BCUT2D eigenvalue weighted by atomic mass is 10.0. The Morgan fingerprint density at radius 1 is 1.40 bits per heavy atom. The molecule has 0 aliphatic heterocycles. The topological polar surface area (TPSA) is 46.2 Å². The van der Waals surface area contributed by atoms with Gasteiger partial charge in [-0.2, -0.15) is 0 Å². The number of nitrogens with one attached hydrogen (secondary N) is 1. The number of halogens is 2. The molecule has 1 atom stereocenters. The first-order valence-electron chi connectivity index (χ1n) is 6.79. The summed E-state index contributed by atoms with van der Waals surface area (Å²) in [5.74, 6) is -0.187. The Balaban J connectivity index is 2.18. The van der Waals surface area contributed by atoms with Gasteiger partial charge in [-0.25, -0.2) is 12.8 Å². The molecule has 0 saturated heterocycles. The van der Waals surface area contributed by atoms with E-state index in [1.807, 2.05) is 0 Å². The first kappa shape index (κ1) is 15.7. The van der Waals surface area contributed by atoms with E-state index in [0.29, 0.717) is 5.92 Å². The van der Waals surface area contributed by atoms with Crippen LogP contribution < -0.4 is 5.32 Å². The van der Waals surface area contributed by atoms with E-state index in [-0.39, 0.29) is 21.7 Å². The molecule has 20 heavy (non-hydrogen) atoms. The van der Waals surface area contributed by atoms with Crippen molar-refractivity contribution in [3.8, 4) is 0 Å². The maximum atomic E-state index is 13.1. The van der Waals surface area contributed by atoms with Gasteiger partial charge in [0.05, 0.1) is 15.7 Å². The molecule has 112 valence electrons. The van der Waals surface area contributed by atoms with Crippen molar-refractivity contribution in [2.45, 2.75) is 36.6 Å². The smallest absolute Gasteiger partial charge is 0.179 e. The number of rotatable bonds is 5. The van der Waals surface area contributed by atoms with E-state index in [4.69, 9.17) is 11.6 Å². The van der Waals surface area contributed by atoms with E-state index in [1.165, 1.54) is 12.1 Å². The molecular formula is C14H19ClFNO2S. The van der Waals surface area contributed by atoms with Gasteiger partial charge in [-0.3, -0.25) is 0 Å². The van der Waals surface area contributed by atoms with Crippen LogP contribution in [0.2, 0.25) is 5.02 Å². The Hall–Kier alpha value is -0.650. The van der Waals surface area contributed by atoms with Crippen LogP contribution in [0.5, 0.6) is 0 Å². The fraction of sp³-hybridized carbons (Fsp3) is 0.571. The third-order valence-electron chi connectivity index (χ3n) is 3.99. The maximum Gasteiger partial charge on any atom is 0.179 e. The molecule has 0 spiro atoms. The van der Waals surface area contributed by atoms with Crippen LogP contribution in [0.15, 0.2) is 23.1 Å². The predicted octanol–water partition coefficient (Wildman–Crippen LogP) is 3.03. The van der Waals surface area contributed by atoms with Gasteiger partial charge in [0.2, 0.25) is 0 Å². The van der Waals surface area contributed by atoms with E-state index in [0.717, 1.165) is 31.7 Å². The van der Waals surface area contributed by atoms with Crippen LogP contribution in [0.4, 0.5) is 4.39 Å². The average Bonchev–Trinajstić information content (AvgIpc) is 2.93. The first-order chi connectivity index (χ1) is 9.44. The van der Waals surface area contributed by atoms with Crippen molar-refractivity contribution in [1.29, 1.82) is 0 Å². The molecule has 6 heteroatoms. The first-order valence-corrected chi connectivity index (χ1v) is 8.82. The molecule has 1 fully saturated rings. The van der Waals surface area contributed by atoms with Gasteiger partial charge >= 0.3 is 0 Å². The second-order valence-corrected chi connectivity index (χ2v) is 7.74. The van der Waals surface area contributed by atoms with Gasteiger partial charge in [0.25, 0.3) is 0 Å². The molecule has 1 aromatic carbocycles. The normalized spacial score (nSPS) is 18.4. The Kier molecular flexibility index (Phi) is 5.04. The Bertz CT molecular complexity index is 571. The SMILES string of the molecule is CNC(CS(=O)(=O)c1ccc(F)c(Cl)c1)C1CCCC1. The van der Waals surface area contributed by atoms with Crippen LogP contribution in [0.1, 0.15) is 25.7 Å². The lowest BCUT2D eigenvalue weighted by Gasteiger charge is -2.22. The standard InChI is InChI=1S/C14H19ClFNO2S/c1-17-14(10-4-2-3-5-10)9-20(18,19)11-6-7-13(16)12(15)8-11/h6-8,10,14,17H,2-5,9H2,1H3. The van der Waals surface area contributed by atoms with E-state index in [2.05, 4.69) is 5.32 Å². The fourth-order valence-electron chi connectivity index (χ4n) is 2.82. The third kappa shape index (κ3) is 3.51. The molecule has 1 aromatic rings. The van der Waals surface area contributed by atoms with Crippen molar-refractivity contribution in [3.63, 3.8) is 0 Å². The van der Waals surface area contributed by atoms with Crippen molar-refractivity contribution >= 4 is 21.4 Å². The molecule has 3 nitrogen and oxygen atoms in total. The molecule has 0 heterocycles. The van der Waals surface area contributed by atoms with Crippen LogP contribution in [0.3, 0.4) is 0 Å². The predicted molar refractivity (Wildman–Crippen MR) is 78.3 cm³/mol. The van der Waals surface area contributed by atoms with Crippen molar-refractivity contribution in [1.82, 2.24) is 5.32 Å². The average molecular weight is 320 g/mol. The van der Waals surface area contributed by atoms with E-state index in [9.17, 15) is 12.8 Å². The molecule has 1 unspecified atom stereocenters. The Morgan fingerprint density at radius 2 is 2.05 bits per heavy atom. The highest BCUT2D eigenvalue weighted by atomic mass is 35.5. The zero-order valence-electron chi connectivity index (χ0n) is 11.4.